The van der Waals surface area contributed by atoms with Crippen LogP contribution in [-0.2, 0) is 11.2 Å². The van der Waals surface area contributed by atoms with E-state index >= 15 is 0 Å². The summed E-state index contributed by atoms with van der Waals surface area (Å²) < 4.78 is 12.5. The number of aryl methyl sites for hydroxylation is 2. The molecule has 0 spiro atoms. The van der Waals surface area contributed by atoms with Gasteiger partial charge in [-0.2, -0.15) is 0 Å². The van der Waals surface area contributed by atoms with Gasteiger partial charge in [0.05, 0.1) is 11.4 Å². The quantitative estimate of drug-likeness (QED) is 0.675. The number of amides is 1. The van der Waals surface area contributed by atoms with E-state index in [0.29, 0.717) is 11.4 Å². The van der Waals surface area contributed by atoms with E-state index in [1.54, 1.807) is 19.1 Å². The summed E-state index contributed by atoms with van der Waals surface area (Å²) in [6.07, 6.45) is 4.39. The highest BCUT2D eigenvalue weighted by Gasteiger charge is 2.17. The lowest BCUT2D eigenvalue weighted by Crippen LogP contribution is -2.44. The molecule has 1 saturated heterocycles. The number of nitrogens with zero attached hydrogens (tertiary/aromatic N) is 3. The van der Waals surface area contributed by atoms with Gasteiger partial charge in [0.1, 0.15) is 23.5 Å². The van der Waals surface area contributed by atoms with Gasteiger partial charge in [-0.05, 0) is 76.9 Å². The van der Waals surface area contributed by atoms with E-state index in [2.05, 4.69) is 30.9 Å². The van der Waals surface area contributed by atoms with Crippen LogP contribution >= 0.6 is 0 Å². The fourth-order valence-corrected chi connectivity index (χ4v) is 3.50. The Morgan fingerprint density at radius 2 is 1.87 bits per heavy atom. The molecule has 0 atom stereocenters. The number of hydrogen-bond acceptors (Lipinski definition) is 6. The average Bonchev–Trinajstić information content (AvgIpc) is 3.19. The van der Waals surface area contributed by atoms with Crippen LogP contribution in [0, 0.1) is 19.7 Å². The van der Waals surface area contributed by atoms with Gasteiger partial charge in [0.15, 0.2) is 0 Å². The predicted octanol–water partition coefficient (Wildman–Crippen LogP) is 2.85. The summed E-state index contributed by atoms with van der Waals surface area (Å²) in [5.41, 5.74) is 4.88. The van der Waals surface area contributed by atoms with E-state index in [1.807, 2.05) is 13.8 Å². The van der Waals surface area contributed by atoms with Crippen molar-refractivity contribution >= 4 is 23.0 Å². The van der Waals surface area contributed by atoms with Crippen molar-refractivity contribution in [2.45, 2.75) is 46.1 Å². The third-order valence-electron chi connectivity index (χ3n) is 5.25. The number of carbonyl (C=O) groups is 1. The van der Waals surface area contributed by atoms with Gasteiger partial charge in [0.25, 0.3) is 5.91 Å². The Bertz CT molecular complexity index is 904. The van der Waals surface area contributed by atoms with Gasteiger partial charge < -0.3 is 16.0 Å². The highest BCUT2D eigenvalue weighted by molar-refractivity contribution is 6.38. The molecule has 7 nitrogen and oxygen atoms in total. The summed E-state index contributed by atoms with van der Waals surface area (Å²) >= 11 is 0. The monoisotopic (exact) mass is 412 g/mol. The first kappa shape index (κ1) is 21.8. The topological polar surface area (TPSA) is 91.3 Å². The van der Waals surface area contributed by atoms with Crippen molar-refractivity contribution in [3.05, 3.63) is 47.3 Å². The lowest BCUT2D eigenvalue weighted by molar-refractivity contribution is -0.115. The smallest absolute Gasteiger partial charge is 0.265 e. The molecule has 0 saturated carbocycles. The summed E-state index contributed by atoms with van der Waals surface area (Å²) in [6.45, 7) is 8.30. The summed E-state index contributed by atoms with van der Waals surface area (Å²) in [5.74, 6) is -0.248. The lowest BCUT2D eigenvalue weighted by Gasteiger charge is -2.23. The number of fused-ring (bicyclic) bond motifs is 1. The fourth-order valence-electron chi connectivity index (χ4n) is 3.50. The van der Waals surface area contributed by atoms with Crippen molar-refractivity contribution in [2.24, 2.45) is 4.99 Å². The van der Waals surface area contributed by atoms with Crippen molar-refractivity contribution < 1.29 is 9.18 Å². The third-order valence-corrected chi connectivity index (χ3v) is 5.25. The summed E-state index contributed by atoms with van der Waals surface area (Å²) in [7, 11) is 0. The summed E-state index contributed by atoms with van der Waals surface area (Å²) in [5, 5.41) is 9.46. The van der Waals surface area contributed by atoms with Gasteiger partial charge >= 0.3 is 0 Å². The maximum atomic E-state index is 12.5. The second-order valence-corrected chi connectivity index (χ2v) is 7.57. The van der Waals surface area contributed by atoms with Gasteiger partial charge in [0.2, 0.25) is 0 Å². The SMILES string of the molecule is CC(=Nc1c(C)ncnc1C)C(=O)NC1CCNCC1.Fc1ccc2c(c1)CCN2. The molecule has 8 heteroatoms. The Hall–Kier alpha value is -2.87. The number of halogens is 1. The largest absolute Gasteiger partial charge is 0.384 e. The van der Waals surface area contributed by atoms with Crippen LogP contribution in [0.25, 0.3) is 0 Å². The van der Waals surface area contributed by atoms with E-state index in [1.165, 1.54) is 12.4 Å². The Morgan fingerprint density at radius 1 is 1.17 bits per heavy atom. The third kappa shape index (κ3) is 5.82. The predicted molar refractivity (Wildman–Crippen MR) is 117 cm³/mol. The molecule has 0 aliphatic carbocycles. The molecule has 160 valence electrons. The number of aliphatic imine (C=N–C) groups is 1. The molecule has 0 unspecified atom stereocenters. The Morgan fingerprint density at radius 3 is 2.57 bits per heavy atom. The standard InChI is InChI=1S/C14H21N5O.C8H8FN/c1-9-13(10(2)17-8-16-9)18-11(3)14(20)19-12-4-6-15-7-5-12;9-7-1-2-8-6(5-7)3-4-10-8/h8,12,15H,4-7H2,1-3H3,(H,19,20);1-2,5,10H,3-4H2. The Labute approximate surface area is 176 Å². The van der Waals surface area contributed by atoms with Crippen LogP contribution in [0.2, 0.25) is 0 Å². The number of benzene rings is 1. The fraction of sp³-hybridized carbons (Fsp3) is 0.455. The van der Waals surface area contributed by atoms with E-state index < -0.39 is 0 Å². The Kier molecular flexibility index (Phi) is 7.46. The second-order valence-electron chi connectivity index (χ2n) is 7.57. The number of carbonyl (C=O) groups excluding carboxylic acids is 1. The number of hydrogen-bond donors (Lipinski definition) is 3. The number of piperidine rings is 1. The van der Waals surface area contributed by atoms with E-state index in [-0.39, 0.29) is 17.8 Å². The normalized spacial score (nSPS) is 16.2. The lowest BCUT2D eigenvalue weighted by atomic mass is 10.1. The van der Waals surface area contributed by atoms with Crippen LogP contribution in [0.3, 0.4) is 0 Å². The van der Waals surface area contributed by atoms with Crippen LogP contribution in [0.1, 0.15) is 36.7 Å². The van der Waals surface area contributed by atoms with Gasteiger partial charge in [0, 0.05) is 18.3 Å². The zero-order chi connectivity index (χ0) is 21.5. The number of anilines is 1. The van der Waals surface area contributed by atoms with E-state index in [4.69, 9.17) is 0 Å². The first-order valence-electron chi connectivity index (χ1n) is 10.3. The maximum absolute atomic E-state index is 12.5. The molecule has 2 aliphatic rings. The van der Waals surface area contributed by atoms with Crippen molar-refractivity contribution in [2.75, 3.05) is 25.0 Å². The number of nitrogens with one attached hydrogen (secondary N) is 3. The van der Waals surface area contributed by atoms with Crippen LogP contribution in [0.5, 0.6) is 0 Å². The molecule has 3 heterocycles. The molecule has 1 aromatic heterocycles. The summed E-state index contributed by atoms with van der Waals surface area (Å²) in [6, 6.07) is 5.10. The highest BCUT2D eigenvalue weighted by atomic mass is 19.1. The maximum Gasteiger partial charge on any atom is 0.265 e. The molecule has 0 radical (unpaired) electrons. The molecular weight excluding hydrogens is 383 g/mol. The van der Waals surface area contributed by atoms with Crippen LogP contribution in [0.4, 0.5) is 15.8 Å². The van der Waals surface area contributed by atoms with Crippen LogP contribution in [0.15, 0.2) is 29.5 Å². The molecule has 1 fully saturated rings. The molecule has 4 rings (SSSR count). The molecular formula is C22H29FN6O. The van der Waals surface area contributed by atoms with Crippen molar-refractivity contribution in [1.82, 2.24) is 20.6 Å². The molecule has 2 aliphatic heterocycles. The minimum absolute atomic E-state index is 0.112. The van der Waals surface area contributed by atoms with Gasteiger partial charge in [-0.25, -0.2) is 19.4 Å². The summed E-state index contributed by atoms with van der Waals surface area (Å²) in [4.78, 5) is 24.7. The molecule has 1 amide bonds. The zero-order valence-corrected chi connectivity index (χ0v) is 17.8. The second kappa shape index (κ2) is 10.2. The molecule has 2 aromatic rings. The first-order valence-corrected chi connectivity index (χ1v) is 10.3. The molecule has 30 heavy (non-hydrogen) atoms. The van der Waals surface area contributed by atoms with Gasteiger partial charge in [-0.1, -0.05) is 0 Å². The van der Waals surface area contributed by atoms with Crippen LogP contribution < -0.4 is 16.0 Å². The minimum Gasteiger partial charge on any atom is -0.384 e. The Balaban J connectivity index is 0.000000212. The van der Waals surface area contributed by atoms with E-state index in [0.717, 1.165) is 61.5 Å². The number of aromatic nitrogens is 2. The molecule has 0 bridgehead atoms. The van der Waals surface area contributed by atoms with Crippen LogP contribution in [-0.4, -0.2) is 47.3 Å². The molecule has 1 aromatic carbocycles. The molecule has 3 N–H and O–H groups in total. The van der Waals surface area contributed by atoms with Crippen molar-refractivity contribution in [3.63, 3.8) is 0 Å². The van der Waals surface area contributed by atoms with Crippen molar-refractivity contribution in [1.29, 1.82) is 0 Å². The zero-order valence-electron chi connectivity index (χ0n) is 17.8. The van der Waals surface area contributed by atoms with Gasteiger partial charge in [-0.3, -0.25) is 4.79 Å². The van der Waals surface area contributed by atoms with E-state index in [9.17, 15) is 9.18 Å². The average molecular weight is 413 g/mol. The number of rotatable bonds is 3. The highest BCUT2D eigenvalue weighted by Crippen LogP contribution is 2.22. The first-order chi connectivity index (χ1) is 14.4. The minimum atomic E-state index is -0.137. The van der Waals surface area contributed by atoms with Crippen molar-refractivity contribution in [3.8, 4) is 0 Å². The van der Waals surface area contributed by atoms with Gasteiger partial charge in [-0.15, -0.1) is 0 Å².